The lowest BCUT2D eigenvalue weighted by Crippen LogP contribution is -2.54. The largest absolute Gasteiger partial charge is 0.349 e. The maximum absolute atomic E-state index is 12.8. The van der Waals surface area contributed by atoms with Crippen LogP contribution in [-0.2, 0) is 4.79 Å². The summed E-state index contributed by atoms with van der Waals surface area (Å²) in [5, 5.41) is 3.30. The summed E-state index contributed by atoms with van der Waals surface area (Å²) in [6, 6.07) is 0. The molecule has 1 aliphatic rings. The fraction of sp³-hybridized carbons (Fsp3) is 0.938. The van der Waals surface area contributed by atoms with Gasteiger partial charge in [-0.25, -0.2) is 0 Å². The van der Waals surface area contributed by atoms with E-state index in [1.54, 1.807) is 0 Å². The molecule has 0 aromatic rings. The van der Waals surface area contributed by atoms with E-state index in [1.165, 1.54) is 12.8 Å². The molecule has 0 aromatic heterocycles. The molecule has 0 aromatic carbocycles. The Bertz CT molecular complexity index is 283. The average Bonchev–Trinajstić information content (AvgIpc) is 2.85. The van der Waals surface area contributed by atoms with Crippen LogP contribution in [0.4, 0.5) is 0 Å². The van der Waals surface area contributed by atoms with E-state index in [1.807, 2.05) is 0 Å². The number of hydrogen-bond donors (Lipinski definition) is 1. The maximum atomic E-state index is 12.8. The molecule has 1 rings (SSSR count). The fourth-order valence-corrected chi connectivity index (χ4v) is 3.82. The predicted octanol–water partition coefficient (Wildman–Crippen LogP) is 4.51. The second-order valence-electron chi connectivity index (χ2n) is 6.66. The van der Waals surface area contributed by atoms with Gasteiger partial charge < -0.3 is 5.32 Å². The molecule has 1 saturated carbocycles. The van der Waals surface area contributed by atoms with E-state index in [9.17, 15) is 4.79 Å². The van der Waals surface area contributed by atoms with Crippen molar-refractivity contribution < 1.29 is 4.79 Å². The lowest BCUT2D eigenvalue weighted by atomic mass is 9.77. The maximum Gasteiger partial charge on any atom is 0.226 e. The molecule has 1 N–H and O–H groups in total. The second kappa shape index (κ2) is 6.97. The Hall–Kier alpha value is -0.240. The molecular formula is C16H30ClNO. The number of halogens is 1. The summed E-state index contributed by atoms with van der Waals surface area (Å²) in [5.74, 6) is 1.32. The first-order valence-electron chi connectivity index (χ1n) is 7.82. The SMILES string of the molecule is CCC(CC)(CCl)NC(=O)C1(CC(C)C)CCCC1. The van der Waals surface area contributed by atoms with Gasteiger partial charge in [-0.2, -0.15) is 0 Å². The molecular weight excluding hydrogens is 258 g/mol. The van der Waals surface area contributed by atoms with Crippen molar-refractivity contribution in [3.8, 4) is 0 Å². The first kappa shape index (κ1) is 16.8. The molecule has 0 saturated heterocycles. The van der Waals surface area contributed by atoms with E-state index >= 15 is 0 Å². The summed E-state index contributed by atoms with van der Waals surface area (Å²) in [6.45, 7) is 8.63. The molecule has 0 bridgehead atoms. The molecule has 0 spiro atoms. The molecule has 0 heterocycles. The van der Waals surface area contributed by atoms with Crippen LogP contribution in [0, 0.1) is 11.3 Å². The Morgan fingerprint density at radius 3 is 2.16 bits per heavy atom. The van der Waals surface area contributed by atoms with Crippen molar-refractivity contribution in [3.63, 3.8) is 0 Å². The minimum Gasteiger partial charge on any atom is -0.349 e. The molecule has 3 heteroatoms. The van der Waals surface area contributed by atoms with Crippen LogP contribution in [0.15, 0.2) is 0 Å². The summed E-state index contributed by atoms with van der Waals surface area (Å²) in [6.07, 6.45) is 7.27. The van der Waals surface area contributed by atoms with Crippen LogP contribution in [0.3, 0.4) is 0 Å². The van der Waals surface area contributed by atoms with E-state index in [0.717, 1.165) is 32.1 Å². The van der Waals surface area contributed by atoms with Crippen molar-refractivity contribution in [1.82, 2.24) is 5.32 Å². The summed E-state index contributed by atoms with van der Waals surface area (Å²) in [4.78, 5) is 12.8. The van der Waals surface area contributed by atoms with Gasteiger partial charge in [0.1, 0.15) is 0 Å². The standard InChI is InChI=1S/C16H30ClNO/c1-5-16(6-2,12-17)18-14(19)15(11-13(3)4)9-7-8-10-15/h13H,5-12H2,1-4H3,(H,18,19). The average molecular weight is 288 g/mol. The normalized spacial score (nSPS) is 18.8. The highest BCUT2D eigenvalue weighted by Gasteiger charge is 2.43. The third-order valence-electron chi connectivity index (χ3n) is 4.83. The van der Waals surface area contributed by atoms with Crippen molar-refractivity contribution in [2.75, 3.05) is 5.88 Å². The van der Waals surface area contributed by atoms with E-state index in [2.05, 4.69) is 33.0 Å². The second-order valence-corrected chi connectivity index (χ2v) is 6.93. The molecule has 19 heavy (non-hydrogen) atoms. The van der Waals surface area contributed by atoms with Crippen molar-refractivity contribution in [2.24, 2.45) is 11.3 Å². The summed E-state index contributed by atoms with van der Waals surface area (Å²) < 4.78 is 0. The number of amides is 1. The molecule has 1 amide bonds. The van der Waals surface area contributed by atoms with Gasteiger partial charge in [-0.15, -0.1) is 11.6 Å². The topological polar surface area (TPSA) is 29.1 Å². The number of rotatable bonds is 7. The molecule has 0 aliphatic heterocycles. The van der Waals surface area contributed by atoms with Crippen LogP contribution in [0.1, 0.15) is 72.6 Å². The van der Waals surface area contributed by atoms with Gasteiger partial charge in [0.15, 0.2) is 0 Å². The highest BCUT2D eigenvalue weighted by atomic mass is 35.5. The van der Waals surface area contributed by atoms with Crippen LogP contribution in [-0.4, -0.2) is 17.3 Å². The Kier molecular flexibility index (Phi) is 6.16. The molecule has 1 fully saturated rings. The van der Waals surface area contributed by atoms with Gasteiger partial charge in [0, 0.05) is 11.3 Å². The van der Waals surface area contributed by atoms with Crippen molar-refractivity contribution in [3.05, 3.63) is 0 Å². The quantitative estimate of drug-likeness (QED) is 0.686. The minimum absolute atomic E-state index is 0.129. The minimum atomic E-state index is -0.217. The van der Waals surface area contributed by atoms with Crippen LogP contribution in [0.2, 0.25) is 0 Å². The van der Waals surface area contributed by atoms with Gasteiger partial charge >= 0.3 is 0 Å². The third-order valence-corrected chi connectivity index (χ3v) is 5.34. The monoisotopic (exact) mass is 287 g/mol. The lowest BCUT2D eigenvalue weighted by Gasteiger charge is -2.37. The first-order valence-corrected chi connectivity index (χ1v) is 8.35. The molecule has 2 nitrogen and oxygen atoms in total. The zero-order chi connectivity index (χ0) is 14.5. The first-order chi connectivity index (χ1) is 8.93. The molecule has 0 radical (unpaired) electrons. The molecule has 0 unspecified atom stereocenters. The van der Waals surface area contributed by atoms with Crippen molar-refractivity contribution in [2.45, 2.75) is 78.2 Å². The highest BCUT2D eigenvalue weighted by molar-refractivity contribution is 6.18. The van der Waals surface area contributed by atoms with Gasteiger partial charge in [0.05, 0.1) is 5.54 Å². The van der Waals surface area contributed by atoms with Gasteiger partial charge in [-0.3, -0.25) is 4.79 Å². The third kappa shape index (κ3) is 3.87. The van der Waals surface area contributed by atoms with E-state index in [-0.39, 0.29) is 16.9 Å². The highest BCUT2D eigenvalue weighted by Crippen LogP contribution is 2.44. The number of nitrogens with one attached hydrogen (secondary N) is 1. The van der Waals surface area contributed by atoms with Gasteiger partial charge in [-0.1, -0.05) is 40.5 Å². The van der Waals surface area contributed by atoms with Gasteiger partial charge in [0.2, 0.25) is 5.91 Å². The zero-order valence-corrected chi connectivity index (χ0v) is 13.8. The van der Waals surface area contributed by atoms with Crippen LogP contribution in [0.25, 0.3) is 0 Å². The Balaban J connectivity index is 2.83. The predicted molar refractivity (Wildman–Crippen MR) is 82.5 cm³/mol. The summed E-state index contributed by atoms with van der Waals surface area (Å²) in [5.41, 5.74) is -0.346. The number of carbonyl (C=O) groups excluding carboxylic acids is 1. The Labute approximate surface area is 123 Å². The Morgan fingerprint density at radius 2 is 1.79 bits per heavy atom. The number of hydrogen-bond acceptors (Lipinski definition) is 1. The van der Waals surface area contributed by atoms with Crippen LogP contribution in [0.5, 0.6) is 0 Å². The van der Waals surface area contributed by atoms with E-state index in [0.29, 0.717) is 11.8 Å². The fourth-order valence-electron chi connectivity index (χ4n) is 3.38. The Morgan fingerprint density at radius 1 is 1.26 bits per heavy atom. The summed E-state index contributed by atoms with van der Waals surface area (Å²) in [7, 11) is 0. The van der Waals surface area contributed by atoms with Gasteiger partial charge in [-0.05, 0) is 38.0 Å². The molecule has 0 atom stereocenters. The number of carbonyl (C=O) groups is 1. The van der Waals surface area contributed by atoms with E-state index < -0.39 is 0 Å². The number of alkyl halides is 1. The molecule has 1 aliphatic carbocycles. The van der Waals surface area contributed by atoms with E-state index in [4.69, 9.17) is 11.6 Å². The van der Waals surface area contributed by atoms with Gasteiger partial charge in [0.25, 0.3) is 0 Å². The van der Waals surface area contributed by atoms with Crippen molar-refractivity contribution in [1.29, 1.82) is 0 Å². The lowest BCUT2D eigenvalue weighted by molar-refractivity contribution is -0.133. The molecule has 112 valence electrons. The summed E-state index contributed by atoms with van der Waals surface area (Å²) >= 11 is 6.11. The zero-order valence-electron chi connectivity index (χ0n) is 13.0. The van der Waals surface area contributed by atoms with Crippen LogP contribution >= 0.6 is 11.6 Å². The van der Waals surface area contributed by atoms with Crippen LogP contribution < -0.4 is 5.32 Å². The smallest absolute Gasteiger partial charge is 0.226 e. The van der Waals surface area contributed by atoms with Crippen molar-refractivity contribution >= 4 is 17.5 Å².